The van der Waals surface area contributed by atoms with Gasteiger partial charge in [-0.3, -0.25) is 4.79 Å². The molecule has 0 fully saturated rings. The van der Waals surface area contributed by atoms with Gasteiger partial charge in [-0.05, 0) is 6.04 Å². The minimum absolute atomic E-state index is 0.150. The molecule has 0 amide bonds. The van der Waals surface area contributed by atoms with Crippen LogP contribution in [0.3, 0.4) is 0 Å². The lowest BCUT2D eigenvalue weighted by atomic mass is 10.4. The number of methoxy groups -OCH3 is 1. The number of carbonyl (C=O) groups excluding carboxylic acids is 1. The van der Waals surface area contributed by atoms with Crippen LogP contribution in [-0.4, -0.2) is 38.5 Å². The van der Waals surface area contributed by atoms with Crippen LogP contribution in [0.5, 0.6) is 0 Å². The summed E-state index contributed by atoms with van der Waals surface area (Å²) in [7, 11) is -0.375. The molecule has 4 nitrogen and oxygen atoms in total. The van der Waals surface area contributed by atoms with Crippen LogP contribution in [0.4, 0.5) is 0 Å². The van der Waals surface area contributed by atoms with E-state index in [1.165, 1.54) is 7.11 Å². The molecule has 0 rings (SSSR count). The average molecular weight is 191 g/mol. The third-order valence-corrected chi connectivity index (χ3v) is 4.11. The molecule has 5 heteroatoms. The van der Waals surface area contributed by atoms with E-state index >= 15 is 0 Å². The molecule has 0 saturated carbocycles. The second-order valence-electron chi connectivity index (χ2n) is 3.66. The van der Waals surface area contributed by atoms with Gasteiger partial charge < -0.3 is 15.6 Å². The van der Waals surface area contributed by atoms with Gasteiger partial charge in [-0.1, -0.05) is 13.1 Å². The second-order valence-corrected chi connectivity index (χ2v) is 8.71. The van der Waals surface area contributed by atoms with Crippen molar-refractivity contribution in [2.75, 3.05) is 13.3 Å². The summed E-state index contributed by atoms with van der Waals surface area (Å²) in [6.45, 7) is 3.96. The highest BCUT2D eigenvalue weighted by Gasteiger charge is 2.26. The second kappa shape index (κ2) is 4.59. The van der Waals surface area contributed by atoms with Crippen molar-refractivity contribution in [3.05, 3.63) is 0 Å². The zero-order chi connectivity index (χ0) is 9.78. The van der Waals surface area contributed by atoms with Crippen molar-refractivity contribution in [1.82, 2.24) is 0 Å². The van der Waals surface area contributed by atoms with E-state index in [9.17, 15) is 4.79 Å². The summed E-state index contributed by atoms with van der Waals surface area (Å²) in [4.78, 5) is 10.9. The Balaban J connectivity index is 3.99. The standard InChI is InChI=1S/C7H17NO3Si/c1-11-7(10)6(8)4-12(2,3)5-9/h6,9H,4-5,8H2,1-3H3/t6-/m0/s1. The van der Waals surface area contributed by atoms with E-state index in [1.807, 2.05) is 13.1 Å². The molecule has 0 unspecified atom stereocenters. The fraction of sp³-hybridized carbons (Fsp3) is 0.857. The summed E-state index contributed by atoms with van der Waals surface area (Å²) >= 11 is 0. The molecule has 0 heterocycles. The normalized spacial score (nSPS) is 14.1. The number of hydrogen-bond acceptors (Lipinski definition) is 4. The lowest BCUT2D eigenvalue weighted by Gasteiger charge is -2.21. The molecular weight excluding hydrogens is 174 g/mol. The summed E-state index contributed by atoms with van der Waals surface area (Å²) < 4.78 is 4.48. The van der Waals surface area contributed by atoms with Crippen molar-refractivity contribution in [2.45, 2.75) is 25.2 Å². The monoisotopic (exact) mass is 191 g/mol. The van der Waals surface area contributed by atoms with E-state index in [-0.39, 0.29) is 6.23 Å². The Morgan fingerprint density at radius 3 is 2.50 bits per heavy atom. The summed E-state index contributed by atoms with van der Waals surface area (Å²) in [5.41, 5.74) is 5.54. The Morgan fingerprint density at radius 2 is 2.17 bits per heavy atom. The predicted octanol–water partition coefficient (Wildman–Crippen LogP) is -0.273. The number of esters is 1. The number of aliphatic hydroxyl groups excluding tert-OH is 1. The van der Waals surface area contributed by atoms with Gasteiger partial charge in [0, 0.05) is 6.23 Å². The molecule has 0 aromatic heterocycles. The highest BCUT2D eigenvalue weighted by molar-refractivity contribution is 6.77. The quantitative estimate of drug-likeness (QED) is 0.474. The maximum Gasteiger partial charge on any atom is 0.322 e. The molecule has 3 N–H and O–H groups in total. The third-order valence-electron chi connectivity index (χ3n) is 1.70. The molecule has 0 aromatic rings. The van der Waals surface area contributed by atoms with Crippen molar-refractivity contribution >= 4 is 14.0 Å². The molecule has 12 heavy (non-hydrogen) atoms. The molecule has 0 aliphatic heterocycles. The lowest BCUT2D eigenvalue weighted by molar-refractivity contribution is -0.141. The van der Waals surface area contributed by atoms with Gasteiger partial charge in [-0.25, -0.2) is 0 Å². The Morgan fingerprint density at radius 1 is 1.67 bits per heavy atom. The maximum atomic E-state index is 10.9. The van der Waals surface area contributed by atoms with Crippen LogP contribution in [0.15, 0.2) is 0 Å². The smallest absolute Gasteiger partial charge is 0.322 e. The van der Waals surface area contributed by atoms with E-state index in [2.05, 4.69) is 4.74 Å². The zero-order valence-corrected chi connectivity index (χ0v) is 8.83. The highest BCUT2D eigenvalue weighted by Crippen LogP contribution is 2.10. The van der Waals surface area contributed by atoms with E-state index in [1.54, 1.807) is 0 Å². The van der Waals surface area contributed by atoms with Crippen molar-refractivity contribution in [2.24, 2.45) is 5.73 Å². The van der Waals surface area contributed by atoms with Gasteiger partial charge in [0.25, 0.3) is 0 Å². The molecule has 0 saturated heterocycles. The first-order valence-corrected chi connectivity index (χ1v) is 7.28. The lowest BCUT2D eigenvalue weighted by Crippen LogP contribution is -2.43. The van der Waals surface area contributed by atoms with Crippen molar-refractivity contribution in [3.63, 3.8) is 0 Å². The number of rotatable bonds is 4. The van der Waals surface area contributed by atoms with Crippen LogP contribution in [0.25, 0.3) is 0 Å². The van der Waals surface area contributed by atoms with Crippen LogP contribution in [0.2, 0.25) is 19.1 Å². The van der Waals surface area contributed by atoms with Crippen LogP contribution < -0.4 is 5.73 Å². The molecule has 0 spiro atoms. The van der Waals surface area contributed by atoms with Crippen molar-refractivity contribution < 1.29 is 14.6 Å². The van der Waals surface area contributed by atoms with E-state index in [4.69, 9.17) is 10.8 Å². The number of aliphatic hydroxyl groups is 1. The summed E-state index contributed by atoms with van der Waals surface area (Å²) in [6.07, 6.45) is 0.150. The van der Waals surface area contributed by atoms with Crippen LogP contribution in [-0.2, 0) is 9.53 Å². The van der Waals surface area contributed by atoms with Gasteiger partial charge in [0.2, 0.25) is 0 Å². The third kappa shape index (κ3) is 3.84. The molecular formula is C7H17NO3Si. The van der Waals surface area contributed by atoms with Gasteiger partial charge in [-0.15, -0.1) is 0 Å². The predicted molar refractivity (Wildman–Crippen MR) is 49.4 cm³/mol. The summed E-state index contributed by atoms with van der Waals surface area (Å²) in [5.74, 6) is -0.399. The van der Waals surface area contributed by atoms with Gasteiger partial charge in [0.15, 0.2) is 0 Å². The highest BCUT2D eigenvalue weighted by atomic mass is 28.3. The van der Waals surface area contributed by atoms with Gasteiger partial charge in [0.1, 0.15) is 6.04 Å². The fourth-order valence-corrected chi connectivity index (χ4v) is 2.38. The first-order chi connectivity index (χ1) is 5.43. The Labute approximate surface area is 73.7 Å². The molecule has 72 valence electrons. The minimum atomic E-state index is -1.69. The van der Waals surface area contributed by atoms with E-state index in [0.29, 0.717) is 6.04 Å². The first-order valence-electron chi connectivity index (χ1n) is 3.87. The topological polar surface area (TPSA) is 72.5 Å². The Kier molecular flexibility index (Phi) is 4.44. The minimum Gasteiger partial charge on any atom is -0.468 e. The number of hydrogen-bond donors (Lipinski definition) is 2. The zero-order valence-electron chi connectivity index (χ0n) is 7.83. The fourth-order valence-electron chi connectivity index (χ4n) is 0.895. The average Bonchev–Trinajstić information content (AvgIpc) is 2.02. The van der Waals surface area contributed by atoms with Crippen molar-refractivity contribution in [1.29, 1.82) is 0 Å². The van der Waals surface area contributed by atoms with E-state index < -0.39 is 20.1 Å². The molecule has 0 aliphatic rings. The van der Waals surface area contributed by atoms with Crippen LogP contribution in [0.1, 0.15) is 0 Å². The molecule has 0 aromatic carbocycles. The molecule has 1 atom stereocenters. The van der Waals surface area contributed by atoms with Gasteiger partial charge >= 0.3 is 5.97 Å². The van der Waals surface area contributed by atoms with Crippen molar-refractivity contribution in [3.8, 4) is 0 Å². The number of ether oxygens (including phenoxy) is 1. The van der Waals surface area contributed by atoms with E-state index in [0.717, 1.165) is 0 Å². The SMILES string of the molecule is COC(=O)[C@@H](N)C[Si](C)(C)CO. The molecule has 0 aliphatic carbocycles. The van der Waals surface area contributed by atoms with Gasteiger partial charge in [-0.2, -0.15) is 0 Å². The Bertz CT molecular complexity index is 161. The van der Waals surface area contributed by atoms with Gasteiger partial charge in [0.05, 0.1) is 15.2 Å². The van der Waals surface area contributed by atoms with Crippen LogP contribution >= 0.6 is 0 Å². The largest absolute Gasteiger partial charge is 0.468 e. The number of carbonyl (C=O) groups is 1. The Hall–Kier alpha value is -0.393. The summed E-state index contributed by atoms with van der Waals surface area (Å²) in [5, 5.41) is 8.95. The first kappa shape index (κ1) is 11.6. The molecule has 0 radical (unpaired) electrons. The maximum absolute atomic E-state index is 10.9. The van der Waals surface area contributed by atoms with Crippen LogP contribution in [0, 0.1) is 0 Å². The number of nitrogens with two attached hydrogens (primary N) is 1. The summed E-state index contributed by atoms with van der Waals surface area (Å²) in [6, 6.07) is -0.0142. The molecule has 0 bridgehead atoms.